The molecule has 39 heavy (non-hydrogen) atoms. The lowest BCUT2D eigenvalue weighted by Gasteiger charge is -2.19. The second kappa shape index (κ2) is 9.90. The number of methoxy groups -OCH3 is 1. The number of anilines is 1. The minimum atomic E-state index is -2.04. The van der Waals surface area contributed by atoms with Crippen molar-refractivity contribution in [1.29, 1.82) is 0 Å². The third-order valence-electron chi connectivity index (χ3n) is 6.16. The number of ether oxygens (including phenoxy) is 1. The summed E-state index contributed by atoms with van der Waals surface area (Å²) in [6.45, 7) is 0. The number of rotatable bonds is 5. The number of esters is 1. The highest BCUT2D eigenvalue weighted by atomic mass is 35.5. The average molecular weight is 564 g/mol. The molecule has 194 valence electrons. The smallest absolute Gasteiger partial charge is 0.323 e. The summed E-state index contributed by atoms with van der Waals surface area (Å²) in [5, 5.41) is 2.59. The Hall–Kier alpha value is -4.67. The highest BCUT2D eigenvalue weighted by Crippen LogP contribution is 2.31. The minimum absolute atomic E-state index is 0.00624. The number of aromatic amines is 1. The summed E-state index contributed by atoms with van der Waals surface area (Å²) in [5.74, 6) is -6.78. The van der Waals surface area contributed by atoms with Gasteiger partial charge in [-0.05, 0) is 30.3 Å². The standard InChI is InChI=1S/C27H15Cl2N3O7/c1-39-27(38)19(24(35)26(37)31-16-8-6-11(28)10-15(16)29)21-25(36)32-20-17(30-21)9-7-14-18(20)23(34)13-5-3-2-4-12(13)22(14)33/h2-10,19H,1H3,(H,31,37)(H,32,36)/t19-/m0/s1. The highest BCUT2D eigenvalue weighted by molar-refractivity contribution is 6.46. The molecule has 0 spiro atoms. The molecular weight excluding hydrogens is 549 g/mol. The molecule has 0 saturated carbocycles. The lowest BCUT2D eigenvalue weighted by Crippen LogP contribution is -2.37. The molecule has 1 aromatic heterocycles. The van der Waals surface area contributed by atoms with Crippen LogP contribution in [-0.4, -0.2) is 46.3 Å². The van der Waals surface area contributed by atoms with Gasteiger partial charge in [0.15, 0.2) is 17.5 Å². The Morgan fingerprint density at radius 2 is 1.62 bits per heavy atom. The number of aromatic nitrogens is 2. The van der Waals surface area contributed by atoms with Gasteiger partial charge < -0.3 is 15.0 Å². The number of halogens is 2. The number of nitrogens with zero attached hydrogens (tertiary/aromatic N) is 1. The molecule has 0 saturated heterocycles. The van der Waals surface area contributed by atoms with E-state index in [2.05, 4.69) is 20.0 Å². The second-order valence-corrected chi connectivity index (χ2v) is 9.28. The van der Waals surface area contributed by atoms with E-state index in [1.54, 1.807) is 12.1 Å². The molecule has 3 aromatic carbocycles. The third-order valence-corrected chi connectivity index (χ3v) is 6.71. The van der Waals surface area contributed by atoms with E-state index in [4.69, 9.17) is 23.2 Å². The molecule has 2 N–H and O–H groups in total. The molecule has 0 aliphatic heterocycles. The van der Waals surface area contributed by atoms with Crippen molar-refractivity contribution in [2.75, 3.05) is 12.4 Å². The molecule has 1 aliphatic rings. The van der Waals surface area contributed by atoms with E-state index in [0.717, 1.165) is 7.11 Å². The van der Waals surface area contributed by atoms with Crippen molar-refractivity contribution in [2.24, 2.45) is 0 Å². The average Bonchev–Trinajstić information content (AvgIpc) is 2.92. The van der Waals surface area contributed by atoms with Crippen molar-refractivity contribution in [3.63, 3.8) is 0 Å². The minimum Gasteiger partial charge on any atom is -0.468 e. The van der Waals surface area contributed by atoms with Crippen LogP contribution in [0.1, 0.15) is 43.5 Å². The van der Waals surface area contributed by atoms with Crippen LogP contribution in [-0.2, 0) is 19.1 Å². The number of benzene rings is 3. The maximum absolute atomic E-state index is 13.3. The first-order valence-corrected chi connectivity index (χ1v) is 12.0. The first-order valence-electron chi connectivity index (χ1n) is 11.3. The van der Waals surface area contributed by atoms with Crippen LogP contribution in [0.2, 0.25) is 10.0 Å². The fourth-order valence-electron chi connectivity index (χ4n) is 4.32. The largest absolute Gasteiger partial charge is 0.468 e. The van der Waals surface area contributed by atoms with Crippen molar-refractivity contribution in [2.45, 2.75) is 5.92 Å². The van der Waals surface area contributed by atoms with Crippen LogP contribution in [0.5, 0.6) is 0 Å². The highest BCUT2D eigenvalue weighted by Gasteiger charge is 2.39. The molecule has 1 aliphatic carbocycles. The predicted molar refractivity (Wildman–Crippen MR) is 141 cm³/mol. The summed E-state index contributed by atoms with van der Waals surface area (Å²) >= 11 is 11.9. The van der Waals surface area contributed by atoms with Crippen molar-refractivity contribution in [3.05, 3.63) is 103 Å². The van der Waals surface area contributed by atoms with Crippen LogP contribution in [0.4, 0.5) is 5.69 Å². The molecule has 1 atom stereocenters. The first-order chi connectivity index (χ1) is 18.6. The number of Topliss-reactive ketones (excluding diaryl/α,β-unsaturated/α-hetero) is 1. The molecular formula is C27H15Cl2N3O7. The van der Waals surface area contributed by atoms with Crippen LogP contribution >= 0.6 is 23.2 Å². The van der Waals surface area contributed by atoms with E-state index in [0.29, 0.717) is 0 Å². The summed E-state index contributed by atoms with van der Waals surface area (Å²) in [4.78, 5) is 84.5. The molecule has 10 nitrogen and oxygen atoms in total. The quantitative estimate of drug-likeness (QED) is 0.187. The molecule has 0 bridgehead atoms. The Labute approximate surface area is 228 Å². The summed E-state index contributed by atoms with van der Waals surface area (Å²) in [6.07, 6.45) is 0. The Balaban J connectivity index is 1.59. The topological polar surface area (TPSA) is 152 Å². The monoisotopic (exact) mass is 563 g/mol. The number of fused-ring (bicyclic) bond motifs is 4. The second-order valence-electron chi connectivity index (χ2n) is 8.44. The maximum atomic E-state index is 13.3. The number of carbonyl (C=O) groups excluding carboxylic acids is 5. The molecule has 1 amide bonds. The zero-order valence-electron chi connectivity index (χ0n) is 19.8. The van der Waals surface area contributed by atoms with E-state index in [-0.39, 0.29) is 49.0 Å². The van der Waals surface area contributed by atoms with Gasteiger partial charge in [0.05, 0.1) is 34.4 Å². The van der Waals surface area contributed by atoms with E-state index < -0.39 is 46.4 Å². The number of ketones is 3. The van der Waals surface area contributed by atoms with Gasteiger partial charge in [-0.15, -0.1) is 0 Å². The van der Waals surface area contributed by atoms with Gasteiger partial charge in [-0.25, -0.2) is 4.98 Å². The Kier molecular flexibility index (Phi) is 6.59. The SMILES string of the molecule is COC(=O)[C@H](C(=O)C(=O)Nc1ccc(Cl)cc1Cl)c1nc2ccc3c(c2[nH]c1=O)C(=O)c1ccccc1C3=O. The molecule has 12 heteroatoms. The number of H-pyrrole nitrogens is 1. The van der Waals surface area contributed by atoms with Gasteiger partial charge in [-0.3, -0.25) is 28.8 Å². The molecule has 5 rings (SSSR count). The van der Waals surface area contributed by atoms with Crippen LogP contribution in [0.3, 0.4) is 0 Å². The van der Waals surface area contributed by atoms with Crippen molar-refractivity contribution in [3.8, 4) is 0 Å². The number of nitrogens with one attached hydrogen (secondary N) is 2. The molecule has 4 aromatic rings. The number of hydrogen-bond donors (Lipinski definition) is 2. The third kappa shape index (κ3) is 4.39. The van der Waals surface area contributed by atoms with Gasteiger partial charge in [0.2, 0.25) is 5.78 Å². The predicted octanol–water partition coefficient (Wildman–Crippen LogP) is 3.47. The Bertz CT molecular complexity index is 1830. The zero-order valence-corrected chi connectivity index (χ0v) is 21.3. The lowest BCUT2D eigenvalue weighted by molar-refractivity contribution is -0.148. The molecule has 1 heterocycles. The number of hydrogen-bond acceptors (Lipinski definition) is 8. The van der Waals surface area contributed by atoms with Crippen LogP contribution in [0, 0.1) is 0 Å². The van der Waals surface area contributed by atoms with E-state index in [9.17, 15) is 28.8 Å². The fraction of sp³-hybridized carbons (Fsp3) is 0.0741. The Morgan fingerprint density at radius 3 is 2.28 bits per heavy atom. The van der Waals surface area contributed by atoms with Crippen molar-refractivity contribution in [1.82, 2.24) is 9.97 Å². The van der Waals surface area contributed by atoms with Crippen LogP contribution in [0.25, 0.3) is 11.0 Å². The summed E-state index contributed by atoms with van der Waals surface area (Å²) < 4.78 is 4.68. The molecule has 0 fully saturated rings. The van der Waals surface area contributed by atoms with Gasteiger partial charge in [-0.1, -0.05) is 47.5 Å². The zero-order chi connectivity index (χ0) is 28.0. The summed E-state index contributed by atoms with van der Waals surface area (Å²) in [6, 6.07) is 13.1. The van der Waals surface area contributed by atoms with Gasteiger partial charge in [0.25, 0.3) is 11.5 Å². The van der Waals surface area contributed by atoms with Crippen molar-refractivity contribution < 1.29 is 28.7 Å². The Morgan fingerprint density at radius 1 is 0.923 bits per heavy atom. The van der Waals surface area contributed by atoms with Gasteiger partial charge in [-0.2, -0.15) is 0 Å². The summed E-state index contributed by atoms with van der Waals surface area (Å²) in [7, 11) is 0.976. The van der Waals surface area contributed by atoms with Gasteiger partial charge >= 0.3 is 5.97 Å². The van der Waals surface area contributed by atoms with Gasteiger partial charge in [0.1, 0.15) is 5.69 Å². The lowest BCUT2D eigenvalue weighted by atomic mass is 9.83. The van der Waals surface area contributed by atoms with Gasteiger partial charge in [0, 0.05) is 21.7 Å². The van der Waals surface area contributed by atoms with Crippen LogP contribution < -0.4 is 10.9 Å². The molecule has 0 unspecified atom stereocenters. The van der Waals surface area contributed by atoms with Crippen molar-refractivity contribution >= 4 is 69.1 Å². The number of carbonyl (C=O) groups is 5. The molecule has 0 radical (unpaired) electrons. The summed E-state index contributed by atoms with van der Waals surface area (Å²) in [5.41, 5.74) is -1.29. The normalized spacial score (nSPS) is 12.9. The van der Waals surface area contributed by atoms with E-state index in [1.165, 1.54) is 42.5 Å². The van der Waals surface area contributed by atoms with E-state index in [1.807, 2.05) is 0 Å². The van der Waals surface area contributed by atoms with Crippen LogP contribution in [0.15, 0.2) is 59.4 Å². The first kappa shape index (κ1) is 26.0. The maximum Gasteiger partial charge on any atom is 0.323 e. The number of amides is 1. The fourth-order valence-corrected chi connectivity index (χ4v) is 4.77. The van der Waals surface area contributed by atoms with E-state index >= 15 is 0 Å².